The SMILES string of the molecule is O=C(CC(O)c1cccc(F)c1)NC1COc2ccccc21. The van der Waals surface area contributed by atoms with Gasteiger partial charge in [0, 0.05) is 5.56 Å². The fourth-order valence-corrected chi connectivity index (χ4v) is 2.54. The molecule has 3 rings (SSSR count). The molecule has 0 saturated heterocycles. The van der Waals surface area contributed by atoms with Crippen molar-refractivity contribution in [2.45, 2.75) is 18.6 Å². The number of benzene rings is 2. The minimum atomic E-state index is -1.03. The molecule has 2 aromatic rings. The maximum Gasteiger partial charge on any atom is 0.223 e. The second-order valence-electron chi connectivity index (χ2n) is 5.24. The monoisotopic (exact) mass is 301 g/mol. The zero-order chi connectivity index (χ0) is 15.5. The summed E-state index contributed by atoms with van der Waals surface area (Å²) in [6.45, 7) is 0.376. The number of carbonyl (C=O) groups is 1. The van der Waals surface area contributed by atoms with Gasteiger partial charge in [0.2, 0.25) is 5.91 Å². The van der Waals surface area contributed by atoms with Crippen LogP contribution in [0.1, 0.15) is 29.7 Å². The largest absolute Gasteiger partial charge is 0.491 e. The zero-order valence-corrected chi connectivity index (χ0v) is 11.8. The first kappa shape index (κ1) is 14.5. The van der Waals surface area contributed by atoms with Gasteiger partial charge in [-0.1, -0.05) is 30.3 Å². The predicted octanol–water partition coefficient (Wildman–Crippen LogP) is 2.50. The van der Waals surface area contributed by atoms with Crippen LogP contribution in [-0.2, 0) is 4.79 Å². The lowest BCUT2D eigenvalue weighted by molar-refractivity contribution is -0.123. The first-order chi connectivity index (χ1) is 10.6. The molecule has 2 atom stereocenters. The van der Waals surface area contributed by atoms with E-state index in [2.05, 4.69) is 5.32 Å². The van der Waals surface area contributed by atoms with Crippen LogP contribution in [0.5, 0.6) is 5.75 Å². The van der Waals surface area contributed by atoms with Crippen LogP contribution >= 0.6 is 0 Å². The summed E-state index contributed by atoms with van der Waals surface area (Å²) in [5, 5.41) is 12.9. The number of para-hydroxylation sites is 1. The number of aliphatic hydroxyl groups is 1. The molecule has 0 saturated carbocycles. The molecular weight excluding hydrogens is 285 g/mol. The lowest BCUT2D eigenvalue weighted by Gasteiger charge is -2.15. The van der Waals surface area contributed by atoms with Crippen molar-refractivity contribution in [3.63, 3.8) is 0 Å². The Morgan fingerprint density at radius 1 is 1.32 bits per heavy atom. The van der Waals surface area contributed by atoms with E-state index in [1.807, 2.05) is 24.3 Å². The molecular formula is C17H16FNO3. The van der Waals surface area contributed by atoms with E-state index in [4.69, 9.17) is 4.74 Å². The molecule has 0 bridgehead atoms. The minimum absolute atomic E-state index is 0.123. The first-order valence-corrected chi connectivity index (χ1v) is 7.08. The Balaban J connectivity index is 1.62. The van der Waals surface area contributed by atoms with E-state index in [0.717, 1.165) is 11.3 Å². The Labute approximate surface area is 127 Å². The van der Waals surface area contributed by atoms with Gasteiger partial charge in [0.1, 0.15) is 18.2 Å². The number of fused-ring (bicyclic) bond motifs is 1. The molecule has 2 aromatic carbocycles. The Morgan fingerprint density at radius 2 is 2.14 bits per heavy atom. The van der Waals surface area contributed by atoms with Gasteiger partial charge in [-0.05, 0) is 23.8 Å². The Kier molecular flexibility index (Phi) is 4.06. The number of halogens is 1. The number of aliphatic hydroxyl groups excluding tert-OH is 1. The van der Waals surface area contributed by atoms with Crippen molar-refractivity contribution in [3.05, 3.63) is 65.5 Å². The summed E-state index contributed by atoms with van der Waals surface area (Å²) in [4.78, 5) is 12.1. The van der Waals surface area contributed by atoms with Crippen LogP contribution in [-0.4, -0.2) is 17.6 Å². The number of hydrogen-bond acceptors (Lipinski definition) is 3. The highest BCUT2D eigenvalue weighted by molar-refractivity contribution is 5.77. The van der Waals surface area contributed by atoms with E-state index in [1.165, 1.54) is 18.2 Å². The van der Waals surface area contributed by atoms with E-state index in [-0.39, 0.29) is 18.4 Å². The molecule has 1 heterocycles. The molecule has 1 amide bonds. The number of hydrogen-bond donors (Lipinski definition) is 2. The molecule has 0 radical (unpaired) electrons. The lowest BCUT2D eigenvalue weighted by atomic mass is 10.0. The number of amides is 1. The standard InChI is InChI=1S/C17H16FNO3/c18-12-5-3-4-11(8-12)15(20)9-17(21)19-14-10-22-16-7-2-1-6-13(14)16/h1-8,14-15,20H,9-10H2,(H,19,21). The topological polar surface area (TPSA) is 58.6 Å². The maximum atomic E-state index is 13.1. The highest BCUT2D eigenvalue weighted by Gasteiger charge is 2.25. The zero-order valence-electron chi connectivity index (χ0n) is 11.8. The third-order valence-electron chi connectivity index (χ3n) is 3.65. The van der Waals surface area contributed by atoms with Gasteiger partial charge in [-0.2, -0.15) is 0 Å². The van der Waals surface area contributed by atoms with Gasteiger partial charge in [-0.3, -0.25) is 4.79 Å². The molecule has 0 spiro atoms. The van der Waals surface area contributed by atoms with E-state index in [9.17, 15) is 14.3 Å². The second kappa shape index (κ2) is 6.15. The van der Waals surface area contributed by atoms with Crippen LogP contribution in [0, 0.1) is 5.82 Å². The fourth-order valence-electron chi connectivity index (χ4n) is 2.54. The van der Waals surface area contributed by atoms with Crippen molar-refractivity contribution in [1.29, 1.82) is 0 Å². The summed E-state index contributed by atoms with van der Waals surface area (Å²) in [6.07, 6.45) is -1.16. The van der Waals surface area contributed by atoms with Crippen LogP contribution in [0.3, 0.4) is 0 Å². The number of ether oxygens (including phenoxy) is 1. The molecule has 5 heteroatoms. The number of rotatable bonds is 4. The molecule has 0 aliphatic carbocycles. The molecule has 0 aromatic heterocycles. The van der Waals surface area contributed by atoms with Crippen molar-refractivity contribution >= 4 is 5.91 Å². The van der Waals surface area contributed by atoms with Gasteiger partial charge in [-0.15, -0.1) is 0 Å². The highest BCUT2D eigenvalue weighted by Crippen LogP contribution is 2.31. The highest BCUT2D eigenvalue weighted by atomic mass is 19.1. The quantitative estimate of drug-likeness (QED) is 0.912. The summed E-state index contributed by atoms with van der Waals surface area (Å²) in [7, 11) is 0. The summed E-state index contributed by atoms with van der Waals surface area (Å²) in [5.41, 5.74) is 1.31. The number of nitrogens with one attached hydrogen (secondary N) is 1. The predicted molar refractivity (Wildman–Crippen MR) is 78.8 cm³/mol. The van der Waals surface area contributed by atoms with Crippen molar-refractivity contribution < 1.29 is 19.0 Å². The molecule has 0 fully saturated rings. The van der Waals surface area contributed by atoms with E-state index in [1.54, 1.807) is 6.07 Å². The third-order valence-corrected chi connectivity index (χ3v) is 3.65. The first-order valence-electron chi connectivity index (χ1n) is 7.08. The van der Waals surface area contributed by atoms with Crippen molar-refractivity contribution in [2.24, 2.45) is 0 Å². The van der Waals surface area contributed by atoms with Crippen molar-refractivity contribution in [1.82, 2.24) is 5.32 Å². The Morgan fingerprint density at radius 3 is 2.95 bits per heavy atom. The molecule has 22 heavy (non-hydrogen) atoms. The lowest BCUT2D eigenvalue weighted by Crippen LogP contribution is -2.30. The van der Waals surface area contributed by atoms with Crippen molar-refractivity contribution in [3.8, 4) is 5.75 Å². The van der Waals surface area contributed by atoms with Crippen LogP contribution in [0.15, 0.2) is 48.5 Å². The van der Waals surface area contributed by atoms with E-state index < -0.39 is 11.9 Å². The molecule has 1 aliphatic rings. The van der Waals surface area contributed by atoms with Crippen LogP contribution < -0.4 is 10.1 Å². The van der Waals surface area contributed by atoms with E-state index in [0.29, 0.717) is 12.2 Å². The van der Waals surface area contributed by atoms with Gasteiger partial charge in [-0.25, -0.2) is 4.39 Å². The van der Waals surface area contributed by atoms with Gasteiger partial charge >= 0.3 is 0 Å². The van der Waals surface area contributed by atoms with E-state index >= 15 is 0 Å². The minimum Gasteiger partial charge on any atom is -0.491 e. The summed E-state index contributed by atoms with van der Waals surface area (Å²) in [5.74, 6) is 0.0237. The smallest absolute Gasteiger partial charge is 0.223 e. The Bertz CT molecular complexity index is 689. The van der Waals surface area contributed by atoms with Gasteiger partial charge in [0.25, 0.3) is 0 Å². The summed E-state index contributed by atoms with van der Waals surface area (Å²) in [6, 6.07) is 12.9. The van der Waals surface area contributed by atoms with Crippen molar-refractivity contribution in [2.75, 3.05) is 6.61 Å². The molecule has 2 unspecified atom stereocenters. The average molecular weight is 301 g/mol. The Hall–Kier alpha value is -2.40. The summed E-state index contributed by atoms with van der Waals surface area (Å²) < 4.78 is 18.6. The summed E-state index contributed by atoms with van der Waals surface area (Å²) >= 11 is 0. The number of carbonyl (C=O) groups excluding carboxylic acids is 1. The fraction of sp³-hybridized carbons (Fsp3) is 0.235. The molecule has 2 N–H and O–H groups in total. The third kappa shape index (κ3) is 3.09. The van der Waals surface area contributed by atoms with Crippen LogP contribution in [0.2, 0.25) is 0 Å². The van der Waals surface area contributed by atoms with Gasteiger partial charge in [0.15, 0.2) is 0 Å². The molecule has 114 valence electrons. The molecule has 1 aliphatic heterocycles. The van der Waals surface area contributed by atoms with Crippen LogP contribution in [0.25, 0.3) is 0 Å². The van der Waals surface area contributed by atoms with Gasteiger partial charge in [0.05, 0.1) is 18.6 Å². The van der Waals surface area contributed by atoms with Gasteiger partial charge < -0.3 is 15.2 Å². The molecule has 4 nitrogen and oxygen atoms in total. The average Bonchev–Trinajstić information content (AvgIpc) is 2.90. The maximum absolute atomic E-state index is 13.1. The second-order valence-corrected chi connectivity index (χ2v) is 5.24. The van der Waals surface area contributed by atoms with Crippen LogP contribution in [0.4, 0.5) is 4.39 Å². The normalized spacial score (nSPS) is 17.5.